The van der Waals surface area contributed by atoms with E-state index in [1.54, 1.807) is 0 Å². The second-order valence-electron chi connectivity index (χ2n) is 6.08. The van der Waals surface area contributed by atoms with Gasteiger partial charge in [0.25, 0.3) is 0 Å². The van der Waals surface area contributed by atoms with Crippen molar-refractivity contribution in [1.29, 1.82) is 0 Å². The Balaban J connectivity index is 2.38. The van der Waals surface area contributed by atoms with Crippen molar-refractivity contribution in [3.8, 4) is 0 Å². The van der Waals surface area contributed by atoms with Crippen LogP contribution in [0.25, 0.3) is 0 Å². The molecule has 1 heterocycles. The Morgan fingerprint density at radius 2 is 2.06 bits per heavy atom. The van der Waals surface area contributed by atoms with E-state index in [-0.39, 0.29) is 0 Å². The van der Waals surface area contributed by atoms with Gasteiger partial charge in [0, 0.05) is 25.4 Å². The van der Waals surface area contributed by atoms with E-state index in [1.807, 2.05) is 0 Å². The van der Waals surface area contributed by atoms with Crippen molar-refractivity contribution in [3.63, 3.8) is 0 Å². The summed E-state index contributed by atoms with van der Waals surface area (Å²) in [5.41, 5.74) is 0.441. The number of ketones is 1. The van der Waals surface area contributed by atoms with Gasteiger partial charge in [-0.3, -0.25) is 4.79 Å². The van der Waals surface area contributed by atoms with Crippen molar-refractivity contribution < 1.29 is 4.79 Å². The number of likely N-dealkylation sites (tertiary alicyclic amines) is 1. The molecule has 0 aromatic rings. The summed E-state index contributed by atoms with van der Waals surface area (Å²) < 4.78 is 0. The second kappa shape index (κ2) is 5.81. The van der Waals surface area contributed by atoms with Crippen LogP contribution in [-0.4, -0.2) is 30.3 Å². The van der Waals surface area contributed by atoms with Crippen LogP contribution in [0.5, 0.6) is 0 Å². The highest BCUT2D eigenvalue weighted by Crippen LogP contribution is 2.30. The Morgan fingerprint density at radius 1 is 1.38 bits per heavy atom. The summed E-state index contributed by atoms with van der Waals surface area (Å²) in [4.78, 5) is 13.8. The molecule has 0 bridgehead atoms. The molecule has 0 unspecified atom stereocenters. The lowest BCUT2D eigenvalue weighted by molar-refractivity contribution is -0.123. The largest absolute Gasteiger partial charge is 0.303 e. The highest BCUT2D eigenvalue weighted by molar-refractivity contribution is 5.79. The first kappa shape index (κ1) is 13.7. The molecular formula is C14H27NO. The van der Waals surface area contributed by atoms with Crippen LogP contribution in [0.3, 0.4) is 0 Å². The minimum atomic E-state index is 0.441. The Morgan fingerprint density at radius 3 is 2.69 bits per heavy atom. The molecule has 0 amide bonds. The zero-order chi connectivity index (χ0) is 12.2. The molecule has 1 aliphatic rings. The van der Waals surface area contributed by atoms with Crippen LogP contribution < -0.4 is 0 Å². The van der Waals surface area contributed by atoms with Crippen LogP contribution in [-0.2, 0) is 4.79 Å². The summed E-state index contributed by atoms with van der Waals surface area (Å²) in [7, 11) is 2.16. The number of hydrogen-bond donors (Lipinski definition) is 0. The third-order valence-electron chi connectivity index (χ3n) is 3.91. The van der Waals surface area contributed by atoms with E-state index in [0.717, 1.165) is 19.4 Å². The number of piperidine rings is 1. The number of nitrogens with zero attached hydrogens (tertiary/aromatic N) is 1. The maximum Gasteiger partial charge on any atom is 0.135 e. The van der Waals surface area contributed by atoms with Crippen LogP contribution in [0, 0.1) is 5.41 Å². The van der Waals surface area contributed by atoms with Crippen LogP contribution in [0.15, 0.2) is 0 Å². The molecule has 0 aromatic carbocycles. The fraction of sp³-hybridized carbons (Fsp3) is 0.929. The van der Waals surface area contributed by atoms with E-state index in [4.69, 9.17) is 0 Å². The van der Waals surface area contributed by atoms with Crippen molar-refractivity contribution >= 4 is 5.78 Å². The molecule has 94 valence electrons. The van der Waals surface area contributed by atoms with Gasteiger partial charge in [-0.1, -0.05) is 27.2 Å². The van der Waals surface area contributed by atoms with Gasteiger partial charge in [-0.05, 0) is 31.7 Å². The third kappa shape index (κ3) is 4.25. The fourth-order valence-corrected chi connectivity index (χ4v) is 2.69. The lowest BCUT2D eigenvalue weighted by atomic mass is 9.81. The second-order valence-corrected chi connectivity index (χ2v) is 6.08. The Labute approximate surface area is 100 Å². The Hall–Kier alpha value is -0.370. The summed E-state index contributed by atoms with van der Waals surface area (Å²) >= 11 is 0. The number of Topliss-reactive ketones (excluding diaryl/α,β-unsaturated/α-hetero) is 1. The molecule has 1 aliphatic heterocycles. The molecule has 0 aromatic heterocycles. The van der Waals surface area contributed by atoms with Gasteiger partial charge < -0.3 is 4.90 Å². The van der Waals surface area contributed by atoms with Gasteiger partial charge in [-0.25, -0.2) is 0 Å². The van der Waals surface area contributed by atoms with E-state index in [9.17, 15) is 4.79 Å². The first-order chi connectivity index (χ1) is 7.44. The summed E-state index contributed by atoms with van der Waals surface area (Å²) in [6.45, 7) is 7.90. The van der Waals surface area contributed by atoms with E-state index in [1.165, 1.54) is 25.7 Å². The smallest absolute Gasteiger partial charge is 0.135 e. The summed E-state index contributed by atoms with van der Waals surface area (Å²) in [6, 6.07) is 0.498. The number of rotatable bonds is 5. The quantitative estimate of drug-likeness (QED) is 0.716. The van der Waals surface area contributed by atoms with Crippen LogP contribution in [0.2, 0.25) is 0 Å². The molecule has 2 heteroatoms. The number of carbonyl (C=O) groups excluding carboxylic acids is 1. The SMILES string of the molecule is CCCC(C)(C)CC[C@H]1CC(=O)CCN1C. The zero-order valence-corrected chi connectivity index (χ0v) is 11.4. The number of carbonyl (C=O) groups is 1. The molecular weight excluding hydrogens is 198 g/mol. The topological polar surface area (TPSA) is 20.3 Å². The van der Waals surface area contributed by atoms with Gasteiger partial charge in [-0.2, -0.15) is 0 Å². The summed E-state index contributed by atoms with van der Waals surface area (Å²) in [6.07, 6.45) is 6.49. The monoisotopic (exact) mass is 225 g/mol. The molecule has 0 radical (unpaired) electrons. The fourth-order valence-electron chi connectivity index (χ4n) is 2.69. The molecule has 1 rings (SSSR count). The van der Waals surface area contributed by atoms with Crippen LogP contribution in [0.1, 0.15) is 59.3 Å². The lowest BCUT2D eigenvalue weighted by Crippen LogP contribution is -2.40. The molecule has 16 heavy (non-hydrogen) atoms. The maximum absolute atomic E-state index is 11.4. The van der Waals surface area contributed by atoms with E-state index < -0.39 is 0 Å². The van der Waals surface area contributed by atoms with Crippen molar-refractivity contribution in [2.75, 3.05) is 13.6 Å². The molecule has 0 aliphatic carbocycles. The molecule has 0 spiro atoms. The van der Waals surface area contributed by atoms with E-state index in [0.29, 0.717) is 17.2 Å². The standard InChI is InChI=1S/C14H27NO/c1-5-8-14(2,3)9-6-12-11-13(16)7-10-15(12)4/h12H,5-11H2,1-4H3/t12-/m0/s1. The van der Waals surface area contributed by atoms with Gasteiger partial charge in [0.1, 0.15) is 5.78 Å². The minimum absolute atomic E-state index is 0.441. The first-order valence-corrected chi connectivity index (χ1v) is 6.66. The van der Waals surface area contributed by atoms with Gasteiger partial charge in [0.2, 0.25) is 0 Å². The predicted octanol–water partition coefficient (Wildman–Crippen LogP) is 3.26. The van der Waals surface area contributed by atoms with Crippen LogP contribution >= 0.6 is 0 Å². The van der Waals surface area contributed by atoms with Crippen molar-refractivity contribution in [3.05, 3.63) is 0 Å². The van der Waals surface area contributed by atoms with Gasteiger partial charge in [-0.15, -0.1) is 0 Å². The Bertz CT molecular complexity index is 235. The van der Waals surface area contributed by atoms with Crippen molar-refractivity contribution in [2.24, 2.45) is 5.41 Å². The zero-order valence-electron chi connectivity index (χ0n) is 11.4. The normalized spacial score (nSPS) is 23.8. The highest BCUT2D eigenvalue weighted by atomic mass is 16.1. The van der Waals surface area contributed by atoms with Gasteiger partial charge in [0.15, 0.2) is 0 Å². The molecule has 1 saturated heterocycles. The first-order valence-electron chi connectivity index (χ1n) is 6.66. The van der Waals surface area contributed by atoms with Crippen LogP contribution in [0.4, 0.5) is 0 Å². The molecule has 0 N–H and O–H groups in total. The van der Waals surface area contributed by atoms with E-state index >= 15 is 0 Å². The maximum atomic E-state index is 11.4. The molecule has 1 atom stereocenters. The predicted molar refractivity (Wildman–Crippen MR) is 68.6 cm³/mol. The molecule has 2 nitrogen and oxygen atoms in total. The summed E-state index contributed by atoms with van der Waals surface area (Å²) in [5.74, 6) is 0.455. The molecule has 0 saturated carbocycles. The van der Waals surface area contributed by atoms with Gasteiger partial charge >= 0.3 is 0 Å². The van der Waals surface area contributed by atoms with E-state index in [2.05, 4.69) is 32.7 Å². The third-order valence-corrected chi connectivity index (χ3v) is 3.91. The van der Waals surface area contributed by atoms with Crippen molar-refractivity contribution in [2.45, 2.75) is 65.3 Å². The summed E-state index contributed by atoms with van der Waals surface area (Å²) in [5, 5.41) is 0. The molecule has 1 fully saturated rings. The van der Waals surface area contributed by atoms with Crippen molar-refractivity contribution in [1.82, 2.24) is 4.90 Å². The average molecular weight is 225 g/mol. The van der Waals surface area contributed by atoms with Gasteiger partial charge in [0.05, 0.1) is 0 Å². The minimum Gasteiger partial charge on any atom is -0.303 e. The number of hydrogen-bond acceptors (Lipinski definition) is 2. The average Bonchev–Trinajstić information content (AvgIpc) is 2.19. The Kier molecular flexibility index (Phi) is 4.97. The lowest BCUT2D eigenvalue weighted by Gasteiger charge is -2.34. The highest BCUT2D eigenvalue weighted by Gasteiger charge is 2.26.